The lowest BCUT2D eigenvalue weighted by Crippen LogP contribution is -2.16. The van der Waals surface area contributed by atoms with Crippen molar-refractivity contribution in [2.75, 3.05) is 92.5 Å². The highest BCUT2D eigenvalue weighted by molar-refractivity contribution is 5.72. The third-order valence-corrected chi connectivity index (χ3v) is 4.32. The standard InChI is InChI=1S/C24H36F4O9/c1-2-4-30-6-8-32-10-12-34-14-16-36-17-15-35-13-11-33-9-7-31-5-3-21(29)37-24-22(27)19(25)18-20(26)23(24)28/h18H,2-17H2,1H3. The molecule has 0 bridgehead atoms. The fourth-order valence-electron chi connectivity index (χ4n) is 2.53. The minimum Gasteiger partial charge on any atom is -0.420 e. The van der Waals surface area contributed by atoms with Crippen LogP contribution in [0.3, 0.4) is 0 Å². The van der Waals surface area contributed by atoms with Gasteiger partial charge in [0.2, 0.25) is 17.4 Å². The summed E-state index contributed by atoms with van der Waals surface area (Å²) in [5.41, 5.74) is 0. The Labute approximate surface area is 214 Å². The van der Waals surface area contributed by atoms with E-state index in [0.29, 0.717) is 66.1 Å². The molecule has 0 aliphatic heterocycles. The second kappa shape index (κ2) is 22.1. The van der Waals surface area contributed by atoms with Gasteiger partial charge in [-0.25, -0.2) is 8.78 Å². The average Bonchev–Trinajstić information content (AvgIpc) is 2.88. The van der Waals surface area contributed by atoms with E-state index in [1.54, 1.807) is 0 Å². The Balaban J connectivity index is 1.84. The maximum atomic E-state index is 13.5. The number of hydrogen-bond donors (Lipinski definition) is 0. The van der Waals surface area contributed by atoms with Gasteiger partial charge in [0.05, 0.1) is 92.3 Å². The highest BCUT2D eigenvalue weighted by atomic mass is 19.2. The van der Waals surface area contributed by atoms with E-state index in [1.165, 1.54) is 0 Å². The maximum absolute atomic E-state index is 13.5. The van der Waals surface area contributed by atoms with Crippen LogP contribution in [0.15, 0.2) is 6.07 Å². The van der Waals surface area contributed by atoms with E-state index < -0.39 is 35.0 Å². The Bertz CT molecular complexity index is 714. The molecule has 0 amide bonds. The van der Waals surface area contributed by atoms with Crippen molar-refractivity contribution in [3.8, 4) is 5.75 Å². The van der Waals surface area contributed by atoms with Crippen molar-refractivity contribution < 1.29 is 60.3 Å². The summed E-state index contributed by atoms with van der Waals surface area (Å²) in [6.45, 7) is 7.59. The molecule has 0 spiro atoms. The van der Waals surface area contributed by atoms with Crippen LogP contribution in [0, 0.1) is 23.3 Å². The molecule has 0 N–H and O–H groups in total. The van der Waals surface area contributed by atoms with Gasteiger partial charge in [0.15, 0.2) is 11.6 Å². The monoisotopic (exact) mass is 544 g/mol. The third kappa shape index (κ3) is 16.6. The topological polar surface area (TPSA) is 90.9 Å². The van der Waals surface area contributed by atoms with Gasteiger partial charge in [-0.15, -0.1) is 0 Å². The van der Waals surface area contributed by atoms with Gasteiger partial charge in [0.25, 0.3) is 0 Å². The zero-order valence-electron chi connectivity index (χ0n) is 21.1. The summed E-state index contributed by atoms with van der Waals surface area (Å²) < 4.78 is 94.6. The number of benzene rings is 1. The highest BCUT2D eigenvalue weighted by Gasteiger charge is 2.22. The molecule has 0 radical (unpaired) electrons. The van der Waals surface area contributed by atoms with Crippen LogP contribution in [0.5, 0.6) is 5.75 Å². The van der Waals surface area contributed by atoms with Crippen molar-refractivity contribution >= 4 is 5.97 Å². The average molecular weight is 545 g/mol. The number of ether oxygens (including phenoxy) is 8. The number of esters is 1. The fourth-order valence-corrected chi connectivity index (χ4v) is 2.53. The van der Waals surface area contributed by atoms with Crippen LogP contribution in [0.2, 0.25) is 0 Å². The molecule has 0 heterocycles. The van der Waals surface area contributed by atoms with E-state index in [9.17, 15) is 22.4 Å². The van der Waals surface area contributed by atoms with Gasteiger partial charge >= 0.3 is 5.97 Å². The van der Waals surface area contributed by atoms with Crippen LogP contribution in [-0.4, -0.2) is 98.5 Å². The van der Waals surface area contributed by atoms with Gasteiger partial charge in [-0.1, -0.05) is 6.92 Å². The summed E-state index contributed by atoms with van der Waals surface area (Å²) in [5, 5.41) is 0. The van der Waals surface area contributed by atoms with Crippen molar-refractivity contribution in [2.24, 2.45) is 0 Å². The lowest BCUT2D eigenvalue weighted by atomic mass is 10.3. The predicted octanol–water partition coefficient (Wildman–Crippen LogP) is 3.06. The van der Waals surface area contributed by atoms with Crippen molar-refractivity contribution in [1.29, 1.82) is 0 Å². The molecule has 0 unspecified atom stereocenters. The minimum absolute atomic E-state index is 0.0209. The number of halogens is 4. The summed E-state index contributed by atoms with van der Waals surface area (Å²) in [5.74, 6) is -9.44. The fraction of sp³-hybridized carbons (Fsp3) is 0.708. The second-order valence-corrected chi connectivity index (χ2v) is 7.31. The first-order valence-corrected chi connectivity index (χ1v) is 12.0. The lowest BCUT2D eigenvalue weighted by molar-refractivity contribution is -0.136. The van der Waals surface area contributed by atoms with Crippen LogP contribution in [0.1, 0.15) is 19.8 Å². The SMILES string of the molecule is CCCOCCOCCOCCOCCOCCOCCOCCC(=O)Oc1c(F)c(F)cc(F)c1F. The van der Waals surface area contributed by atoms with Gasteiger partial charge in [0, 0.05) is 12.7 Å². The molecule has 0 saturated heterocycles. The van der Waals surface area contributed by atoms with E-state index >= 15 is 0 Å². The Morgan fingerprint density at radius 1 is 0.568 bits per heavy atom. The first-order valence-electron chi connectivity index (χ1n) is 12.0. The normalized spacial score (nSPS) is 11.3. The molecule has 0 aliphatic rings. The molecular weight excluding hydrogens is 508 g/mol. The number of carbonyl (C=O) groups is 1. The molecule has 214 valence electrons. The molecule has 9 nitrogen and oxygen atoms in total. The molecule has 0 saturated carbocycles. The Morgan fingerprint density at radius 3 is 1.24 bits per heavy atom. The number of hydrogen-bond acceptors (Lipinski definition) is 9. The van der Waals surface area contributed by atoms with E-state index in [2.05, 4.69) is 11.7 Å². The predicted molar refractivity (Wildman–Crippen MR) is 123 cm³/mol. The summed E-state index contributed by atoms with van der Waals surface area (Å²) in [6, 6.07) is 0.0209. The first kappa shape index (κ1) is 33.2. The molecular formula is C24H36F4O9. The van der Waals surface area contributed by atoms with Crippen LogP contribution < -0.4 is 4.74 Å². The summed E-state index contributed by atoms with van der Waals surface area (Å²) in [7, 11) is 0. The van der Waals surface area contributed by atoms with Gasteiger partial charge in [-0.3, -0.25) is 4.79 Å². The largest absolute Gasteiger partial charge is 0.420 e. The molecule has 0 fully saturated rings. The molecule has 13 heteroatoms. The molecule has 0 aliphatic carbocycles. The van der Waals surface area contributed by atoms with Crippen LogP contribution >= 0.6 is 0 Å². The quantitative estimate of drug-likeness (QED) is 0.0640. The van der Waals surface area contributed by atoms with Crippen molar-refractivity contribution in [2.45, 2.75) is 19.8 Å². The maximum Gasteiger partial charge on any atom is 0.313 e. The molecule has 1 aromatic rings. The Hall–Kier alpha value is -1.87. The molecule has 1 aromatic carbocycles. The van der Waals surface area contributed by atoms with Crippen LogP contribution in [0.4, 0.5) is 17.6 Å². The van der Waals surface area contributed by atoms with Gasteiger partial charge in [-0.2, -0.15) is 8.78 Å². The summed E-state index contributed by atoms with van der Waals surface area (Å²) >= 11 is 0. The Kier molecular flexibility index (Phi) is 19.8. The molecule has 0 aromatic heterocycles. The van der Waals surface area contributed by atoms with Crippen LogP contribution in [0.25, 0.3) is 0 Å². The lowest BCUT2D eigenvalue weighted by Gasteiger charge is -2.09. The van der Waals surface area contributed by atoms with Gasteiger partial charge < -0.3 is 37.9 Å². The zero-order chi connectivity index (χ0) is 27.1. The smallest absolute Gasteiger partial charge is 0.313 e. The number of carbonyl (C=O) groups excluding carboxylic acids is 1. The van der Waals surface area contributed by atoms with E-state index in [-0.39, 0.29) is 32.3 Å². The summed E-state index contributed by atoms with van der Waals surface area (Å²) in [6.07, 6.45) is 0.612. The van der Waals surface area contributed by atoms with Gasteiger partial charge in [-0.05, 0) is 6.42 Å². The van der Waals surface area contributed by atoms with E-state index in [4.69, 9.17) is 33.2 Å². The van der Waals surface area contributed by atoms with Crippen molar-refractivity contribution in [1.82, 2.24) is 0 Å². The van der Waals surface area contributed by atoms with E-state index in [1.807, 2.05) is 0 Å². The Morgan fingerprint density at radius 2 is 0.892 bits per heavy atom. The molecule has 0 atom stereocenters. The third-order valence-electron chi connectivity index (χ3n) is 4.32. The summed E-state index contributed by atoms with van der Waals surface area (Å²) in [4.78, 5) is 11.6. The van der Waals surface area contributed by atoms with Crippen LogP contribution in [-0.2, 0) is 38.0 Å². The second-order valence-electron chi connectivity index (χ2n) is 7.31. The zero-order valence-corrected chi connectivity index (χ0v) is 21.1. The molecule has 37 heavy (non-hydrogen) atoms. The first-order chi connectivity index (χ1) is 18.0. The van der Waals surface area contributed by atoms with E-state index in [0.717, 1.165) is 13.0 Å². The van der Waals surface area contributed by atoms with Crippen molar-refractivity contribution in [3.05, 3.63) is 29.3 Å². The highest BCUT2D eigenvalue weighted by Crippen LogP contribution is 2.26. The van der Waals surface area contributed by atoms with Gasteiger partial charge in [0.1, 0.15) is 0 Å². The molecule has 1 rings (SSSR count). The minimum atomic E-state index is -1.79. The number of rotatable bonds is 24. The van der Waals surface area contributed by atoms with Crippen molar-refractivity contribution in [3.63, 3.8) is 0 Å².